The number of anilines is 1. The number of hydrogen-bond acceptors (Lipinski definition) is 3. The first-order chi connectivity index (χ1) is 13.6. The Labute approximate surface area is 166 Å². The number of hydrogen-bond donors (Lipinski definition) is 1. The molecule has 0 aliphatic heterocycles. The SMILES string of the molecule is C[C@@H](C(=O)Nc1ccccc1-c1ccccc1)N(C)CCOc1ccccc1. The highest BCUT2D eigenvalue weighted by atomic mass is 16.5. The summed E-state index contributed by atoms with van der Waals surface area (Å²) in [6, 6.07) is 27.4. The van der Waals surface area contributed by atoms with E-state index in [0.29, 0.717) is 13.2 Å². The number of nitrogens with one attached hydrogen (secondary N) is 1. The topological polar surface area (TPSA) is 41.6 Å². The van der Waals surface area contributed by atoms with Crippen LogP contribution in [-0.4, -0.2) is 37.0 Å². The minimum absolute atomic E-state index is 0.0365. The minimum Gasteiger partial charge on any atom is -0.492 e. The van der Waals surface area contributed by atoms with E-state index in [1.165, 1.54) is 0 Å². The van der Waals surface area contributed by atoms with Crippen LogP contribution < -0.4 is 10.1 Å². The molecule has 0 radical (unpaired) electrons. The number of nitrogens with zero attached hydrogens (tertiary/aromatic N) is 1. The molecule has 3 rings (SSSR count). The molecule has 0 saturated carbocycles. The zero-order valence-electron chi connectivity index (χ0n) is 16.3. The molecule has 1 N–H and O–H groups in total. The zero-order chi connectivity index (χ0) is 19.8. The molecule has 144 valence electrons. The molecule has 1 atom stereocenters. The van der Waals surface area contributed by atoms with Gasteiger partial charge in [0.15, 0.2) is 0 Å². The maximum absolute atomic E-state index is 12.8. The van der Waals surface area contributed by atoms with Crippen LogP contribution in [0.3, 0.4) is 0 Å². The van der Waals surface area contributed by atoms with Crippen LogP contribution in [-0.2, 0) is 4.79 Å². The summed E-state index contributed by atoms with van der Waals surface area (Å²) in [4.78, 5) is 14.8. The highest BCUT2D eigenvalue weighted by molar-refractivity contribution is 5.98. The molecule has 0 aromatic heterocycles. The van der Waals surface area contributed by atoms with E-state index in [-0.39, 0.29) is 11.9 Å². The summed E-state index contributed by atoms with van der Waals surface area (Å²) >= 11 is 0. The molecule has 0 bridgehead atoms. The first kappa shape index (κ1) is 19.6. The van der Waals surface area contributed by atoms with Crippen molar-refractivity contribution >= 4 is 11.6 Å². The van der Waals surface area contributed by atoms with Gasteiger partial charge in [-0.05, 0) is 37.7 Å². The molecular weight excluding hydrogens is 348 g/mol. The molecular formula is C24H26N2O2. The minimum atomic E-state index is -0.275. The summed E-state index contributed by atoms with van der Waals surface area (Å²) in [5.41, 5.74) is 2.91. The van der Waals surface area contributed by atoms with Gasteiger partial charge in [0.05, 0.1) is 6.04 Å². The first-order valence-electron chi connectivity index (χ1n) is 9.48. The van der Waals surface area contributed by atoms with Crippen molar-refractivity contribution in [3.8, 4) is 16.9 Å². The zero-order valence-corrected chi connectivity index (χ0v) is 16.3. The molecule has 0 spiro atoms. The second-order valence-corrected chi connectivity index (χ2v) is 6.72. The monoisotopic (exact) mass is 374 g/mol. The lowest BCUT2D eigenvalue weighted by Gasteiger charge is -2.24. The lowest BCUT2D eigenvalue weighted by molar-refractivity contribution is -0.120. The molecule has 28 heavy (non-hydrogen) atoms. The fourth-order valence-corrected chi connectivity index (χ4v) is 2.92. The van der Waals surface area contributed by atoms with Crippen LogP contribution in [0.25, 0.3) is 11.1 Å². The average Bonchev–Trinajstić information content (AvgIpc) is 2.75. The summed E-state index contributed by atoms with van der Waals surface area (Å²) in [7, 11) is 1.93. The Bertz CT molecular complexity index is 881. The van der Waals surface area contributed by atoms with Crippen molar-refractivity contribution in [2.75, 3.05) is 25.5 Å². The van der Waals surface area contributed by atoms with Gasteiger partial charge < -0.3 is 10.1 Å². The molecule has 0 fully saturated rings. The van der Waals surface area contributed by atoms with Gasteiger partial charge in [0.1, 0.15) is 12.4 Å². The van der Waals surface area contributed by atoms with Crippen molar-refractivity contribution in [3.63, 3.8) is 0 Å². The molecule has 3 aromatic rings. The van der Waals surface area contributed by atoms with Gasteiger partial charge in [-0.15, -0.1) is 0 Å². The summed E-state index contributed by atoms with van der Waals surface area (Å²) in [5.74, 6) is 0.801. The third-order valence-corrected chi connectivity index (χ3v) is 4.77. The molecule has 1 amide bonds. The molecule has 4 nitrogen and oxygen atoms in total. The molecule has 0 saturated heterocycles. The Balaban J connectivity index is 1.58. The molecule has 0 aliphatic carbocycles. The second-order valence-electron chi connectivity index (χ2n) is 6.72. The smallest absolute Gasteiger partial charge is 0.241 e. The Morgan fingerprint density at radius 3 is 2.25 bits per heavy atom. The maximum Gasteiger partial charge on any atom is 0.241 e. The van der Waals surface area contributed by atoms with Crippen molar-refractivity contribution in [2.24, 2.45) is 0 Å². The Morgan fingerprint density at radius 2 is 1.54 bits per heavy atom. The second kappa shape index (κ2) is 9.72. The van der Waals surface area contributed by atoms with E-state index in [0.717, 1.165) is 22.6 Å². The van der Waals surface area contributed by atoms with E-state index >= 15 is 0 Å². The van der Waals surface area contributed by atoms with Crippen molar-refractivity contribution in [3.05, 3.63) is 84.9 Å². The Hall–Kier alpha value is -3.11. The number of ether oxygens (including phenoxy) is 1. The van der Waals surface area contributed by atoms with Crippen LogP contribution in [0, 0.1) is 0 Å². The quantitative estimate of drug-likeness (QED) is 0.622. The molecule has 3 aromatic carbocycles. The van der Waals surface area contributed by atoms with Crippen molar-refractivity contribution in [1.29, 1.82) is 0 Å². The van der Waals surface area contributed by atoms with E-state index in [2.05, 4.69) is 5.32 Å². The normalized spacial score (nSPS) is 11.8. The number of carbonyl (C=O) groups excluding carboxylic acids is 1. The van der Waals surface area contributed by atoms with Crippen LogP contribution in [0.1, 0.15) is 6.92 Å². The predicted octanol–water partition coefficient (Wildman–Crippen LogP) is 4.69. The van der Waals surface area contributed by atoms with Gasteiger partial charge in [-0.25, -0.2) is 0 Å². The van der Waals surface area contributed by atoms with Gasteiger partial charge in [0, 0.05) is 17.8 Å². The van der Waals surface area contributed by atoms with Crippen LogP contribution in [0.4, 0.5) is 5.69 Å². The van der Waals surface area contributed by atoms with Crippen molar-refractivity contribution in [1.82, 2.24) is 4.90 Å². The summed E-state index contributed by atoms with van der Waals surface area (Å²) in [6.45, 7) is 3.09. The van der Waals surface area contributed by atoms with E-state index in [1.807, 2.05) is 104 Å². The molecule has 0 aliphatic rings. The Kier molecular flexibility index (Phi) is 6.82. The van der Waals surface area contributed by atoms with E-state index in [1.54, 1.807) is 0 Å². The lowest BCUT2D eigenvalue weighted by atomic mass is 10.0. The van der Waals surface area contributed by atoms with Gasteiger partial charge >= 0.3 is 0 Å². The molecule has 0 unspecified atom stereocenters. The maximum atomic E-state index is 12.8. The Morgan fingerprint density at radius 1 is 0.929 bits per heavy atom. The van der Waals surface area contributed by atoms with Gasteiger partial charge in [-0.1, -0.05) is 66.7 Å². The lowest BCUT2D eigenvalue weighted by Crippen LogP contribution is -2.41. The number of para-hydroxylation sites is 2. The standard InChI is InChI=1S/C24H26N2O2/c1-19(26(2)17-18-28-21-13-7-4-8-14-21)24(27)25-23-16-10-9-15-22(23)20-11-5-3-6-12-20/h3-16,19H,17-18H2,1-2H3,(H,25,27)/t19-/m0/s1. The highest BCUT2D eigenvalue weighted by Gasteiger charge is 2.19. The molecule has 4 heteroatoms. The fraction of sp³-hybridized carbons (Fsp3) is 0.208. The summed E-state index contributed by atoms with van der Waals surface area (Å²) in [6.07, 6.45) is 0. The summed E-state index contributed by atoms with van der Waals surface area (Å²) in [5, 5.41) is 3.08. The van der Waals surface area contributed by atoms with Crippen molar-refractivity contribution < 1.29 is 9.53 Å². The van der Waals surface area contributed by atoms with Crippen LogP contribution in [0.2, 0.25) is 0 Å². The van der Waals surface area contributed by atoms with Crippen LogP contribution in [0.15, 0.2) is 84.9 Å². The third-order valence-electron chi connectivity index (χ3n) is 4.77. The van der Waals surface area contributed by atoms with Gasteiger partial charge in [-0.3, -0.25) is 9.69 Å². The molecule has 0 heterocycles. The van der Waals surface area contributed by atoms with Crippen molar-refractivity contribution in [2.45, 2.75) is 13.0 Å². The third kappa shape index (κ3) is 5.21. The summed E-state index contributed by atoms with van der Waals surface area (Å²) < 4.78 is 5.73. The highest BCUT2D eigenvalue weighted by Crippen LogP contribution is 2.27. The van der Waals surface area contributed by atoms with E-state index < -0.39 is 0 Å². The number of carbonyl (C=O) groups is 1. The van der Waals surface area contributed by atoms with Gasteiger partial charge in [0.2, 0.25) is 5.91 Å². The van der Waals surface area contributed by atoms with Crippen LogP contribution in [0.5, 0.6) is 5.75 Å². The van der Waals surface area contributed by atoms with E-state index in [4.69, 9.17) is 4.74 Å². The largest absolute Gasteiger partial charge is 0.492 e. The number of amides is 1. The van der Waals surface area contributed by atoms with Crippen LogP contribution >= 0.6 is 0 Å². The van der Waals surface area contributed by atoms with E-state index in [9.17, 15) is 4.79 Å². The predicted molar refractivity (Wildman–Crippen MR) is 115 cm³/mol. The fourth-order valence-electron chi connectivity index (χ4n) is 2.92. The average molecular weight is 374 g/mol. The first-order valence-corrected chi connectivity index (χ1v) is 9.48. The number of likely N-dealkylation sites (N-methyl/N-ethyl adjacent to an activating group) is 1. The van der Waals surface area contributed by atoms with Gasteiger partial charge in [-0.2, -0.15) is 0 Å². The van der Waals surface area contributed by atoms with Gasteiger partial charge in [0.25, 0.3) is 0 Å². The number of benzene rings is 3. The number of rotatable bonds is 8.